The highest BCUT2D eigenvalue weighted by Crippen LogP contribution is 2.28. The quantitative estimate of drug-likeness (QED) is 0.481. The minimum atomic E-state index is -4.96. The summed E-state index contributed by atoms with van der Waals surface area (Å²) in [5.74, 6) is -2.27. The molecule has 0 spiro atoms. The van der Waals surface area contributed by atoms with Crippen molar-refractivity contribution < 1.29 is 27.1 Å². The molecule has 17 heavy (non-hydrogen) atoms. The summed E-state index contributed by atoms with van der Waals surface area (Å²) in [6, 6.07) is 2.42. The molecule has 0 radical (unpaired) electrons. The van der Waals surface area contributed by atoms with Crippen molar-refractivity contribution in [1.82, 2.24) is 0 Å². The molecule has 0 saturated carbocycles. The molecule has 0 atom stereocenters. The molecule has 0 N–H and O–H groups in total. The highest BCUT2D eigenvalue weighted by Gasteiger charge is 2.33. The number of carbonyl (C=O) groups excluding carboxylic acids is 1. The predicted molar refractivity (Wildman–Crippen MR) is 55.8 cm³/mol. The topological polar surface area (TPSA) is 26.3 Å². The van der Waals surface area contributed by atoms with Crippen LogP contribution in [-0.4, -0.2) is 17.5 Å². The fraction of sp³-hybridized carbons (Fsp3) is 0.300. The lowest BCUT2D eigenvalue weighted by Crippen LogP contribution is -2.19. The van der Waals surface area contributed by atoms with Gasteiger partial charge in [0.25, 0.3) is 0 Å². The Balaban J connectivity index is 3.08. The molecule has 0 aliphatic rings. The zero-order chi connectivity index (χ0) is 13.1. The first kappa shape index (κ1) is 14.0. The predicted octanol–water partition coefficient (Wildman–Crippen LogP) is 3.69. The van der Waals surface area contributed by atoms with E-state index in [0.29, 0.717) is 11.4 Å². The average molecular weight is 315 g/mol. The van der Waals surface area contributed by atoms with Gasteiger partial charge in [0.05, 0.1) is 5.56 Å². The second kappa shape index (κ2) is 5.48. The maximum atomic E-state index is 12.8. The summed E-state index contributed by atoms with van der Waals surface area (Å²) in [6.45, 7) is 0. The van der Waals surface area contributed by atoms with Crippen molar-refractivity contribution >= 4 is 21.7 Å². The molecule has 94 valence electrons. The first-order valence-electron chi connectivity index (χ1n) is 4.48. The van der Waals surface area contributed by atoms with Crippen molar-refractivity contribution in [2.24, 2.45) is 0 Å². The largest absolute Gasteiger partial charge is 0.573 e. The zero-order valence-electron chi connectivity index (χ0n) is 8.35. The Labute approximate surface area is 103 Å². The van der Waals surface area contributed by atoms with Gasteiger partial charge in [-0.15, -0.1) is 13.2 Å². The number of hydrogen-bond donors (Lipinski definition) is 0. The normalized spacial score (nSPS) is 11.4. The van der Waals surface area contributed by atoms with E-state index in [1.807, 2.05) is 0 Å². The molecule has 0 aliphatic carbocycles. The average Bonchev–Trinajstić information content (AvgIpc) is 2.15. The Morgan fingerprint density at radius 3 is 2.53 bits per heavy atom. The molecule has 0 fully saturated rings. The van der Waals surface area contributed by atoms with Gasteiger partial charge in [0, 0.05) is 17.8 Å². The Morgan fingerprint density at radius 2 is 2.00 bits per heavy atom. The highest BCUT2D eigenvalue weighted by molar-refractivity contribution is 9.09. The molecule has 0 unspecified atom stereocenters. The van der Waals surface area contributed by atoms with E-state index < -0.39 is 23.7 Å². The smallest absolute Gasteiger partial charge is 0.405 e. The number of ether oxygens (including phenoxy) is 1. The van der Waals surface area contributed by atoms with Crippen molar-refractivity contribution in [3.8, 4) is 5.75 Å². The van der Waals surface area contributed by atoms with Crippen LogP contribution >= 0.6 is 15.9 Å². The molecule has 2 nitrogen and oxygen atoms in total. The maximum Gasteiger partial charge on any atom is 0.573 e. The standard InChI is InChI=1S/C10H7BrF4O2/c11-4-3-8(16)7-2-1-6(12)5-9(7)17-10(13,14)15/h1-2,5H,3-4H2. The summed E-state index contributed by atoms with van der Waals surface area (Å²) in [7, 11) is 0. The zero-order valence-corrected chi connectivity index (χ0v) is 9.94. The van der Waals surface area contributed by atoms with Gasteiger partial charge >= 0.3 is 6.36 Å². The van der Waals surface area contributed by atoms with Gasteiger partial charge in [-0.3, -0.25) is 4.79 Å². The van der Waals surface area contributed by atoms with Gasteiger partial charge in [0.15, 0.2) is 5.78 Å². The van der Waals surface area contributed by atoms with Gasteiger partial charge in [0.1, 0.15) is 11.6 Å². The van der Waals surface area contributed by atoms with Gasteiger partial charge in [0.2, 0.25) is 0 Å². The lowest BCUT2D eigenvalue weighted by Gasteiger charge is -2.12. The van der Waals surface area contributed by atoms with E-state index in [0.717, 1.165) is 12.1 Å². The molecule has 1 aromatic rings. The maximum absolute atomic E-state index is 12.8. The van der Waals surface area contributed by atoms with Crippen molar-refractivity contribution in [2.75, 3.05) is 5.33 Å². The van der Waals surface area contributed by atoms with Gasteiger partial charge in [-0.1, -0.05) is 15.9 Å². The number of rotatable bonds is 4. The number of ketones is 1. The van der Waals surface area contributed by atoms with Gasteiger partial charge in [-0.2, -0.15) is 0 Å². The van der Waals surface area contributed by atoms with E-state index in [-0.39, 0.29) is 12.0 Å². The van der Waals surface area contributed by atoms with Gasteiger partial charge in [-0.25, -0.2) is 4.39 Å². The Bertz CT molecular complexity index is 417. The fourth-order valence-corrected chi connectivity index (χ4v) is 1.52. The van der Waals surface area contributed by atoms with Crippen LogP contribution in [0, 0.1) is 5.82 Å². The van der Waals surface area contributed by atoms with Crippen LogP contribution in [0.1, 0.15) is 16.8 Å². The third kappa shape index (κ3) is 4.33. The van der Waals surface area contributed by atoms with Crippen molar-refractivity contribution in [2.45, 2.75) is 12.8 Å². The molecule has 0 saturated heterocycles. The number of halogens is 5. The Morgan fingerprint density at radius 1 is 1.35 bits per heavy atom. The molecule has 0 amide bonds. The van der Waals surface area contributed by atoms with Crippen LogP contribution in [-0.2, 0) is 0 Å². The van der Waals surface area contributed by atoms with E-state index >= 15 is 0 Å². The number of carbonyl (C=O) groups is 1. The molecule has 1 aromatic carbocycles. The third-order valence-electron chi connectivity index (χ3n) is 1.79. The third-order valence-corrected chi connectivity index (χ3v) is 2.19. The first-order valence-corrected chi connectivity index (χ1v) is 5.60. The highest BCUT2D eigenvalue weighted by atomic mass is 79.9. The number of hydrogen-bond acceptors (Lipinski definition) is 2. The van der Waals surface area contributed by atoms with E-state index in [4.69, 9.17) is 0 Å². The summed E-state index contributed by atoms with van der Waals surface area (Å²) in [6.07, 6.45) is -4.96. The second-order valence-electron chi connectivity index (χ2n) is 3.05. The van der Waals surface area contributed by atoms with E-state index in [1.165, 1.54) is 0 Å². The van der Waals surface area contributed by atoms with Crippen molar-refractivity contribution in [3.63, 3.8) is 0 Å². The van der Waals surface area contributed by atoms with E-state index in [2.05, 4.69) is 20.7 Å². The second-order valence-corrected chi connectivity index (χ2v) is 3.84. The Hall–Kier alpha value is -1.11. The van der Waals surface area contributed by atoms with Gasteiger partial charge < -0.3 is 4.74 Å². The van der Waals surface area contributed by atoms with Crippen LogP contribution in [0.25, 0.3) is 0 Å². The summed E-state index contributed by atoms with van der Waals surface area (Å²) in [5.41, 5.74) is -0.289. The summed E-state index contributed by atoms with van der Waals surface area (Å²) in [5, 5.41) is 0.300. The molecule has 0 bridgehead atoms. The van der Waals surface area contributed by atoms with Crippen LogP contribution in [0.5, 0.6) is 5.75 Å². The molecule has 0 aliphatic heterocycles. The molecule has 7 heteroatoms. The minimum Gasteiger partial charge on any atom is -0.405 e. The van der Waals surface area contributed by atoms with E-state index in [9.17, 15) is 22.4 Å². The van der Waals surface area contributed by atoms with E-state index in [1.54, 1.807) is 0 Å². The Kier molecular flexibility index (Phi) is 4.50. The van der Waals surface area contributed by atoms with Crippen molar-refractivity contribution in [3.05, 3.63) is 29.6 Å². The number of Topliss-reactive ketones (excluding diaryl/α,β-unsaturated/α-hetero) is 1. The summed E-state index contributed by atoms with van der Waals surface area (Å²) >= 11 is 2.99. The first-order chi connectivity index (χ1) is 7.83. The number of benzene rings is 1. The molecular weight excluding hydrogens is 308 g/mol. The molecular formula is C10H7BrF4O2. The van der Waals surface area contributed by atoms with Gasteiger partial charge in [-0.05, 0) is 12.1 Å². The minimum absolute atomic E-state index is 0.000149. The van der Waals surface area contributed by atoms with Crippen LogP contribution in [0.3, 0.4) is 0 Å². The lowest BCUT2D eigenvalue weighted by atomic mass is 10.1. The lowest BCUT2D eigenvalue weighted by molar-refractivity contribution is -0.274. The van der Waals surface area contributed by atoms with Crippen LogP contribution in [0.15, 0.2) is 18.2 Å². The summed E-state index contributed by atoms with van der Waals surface area (Å²) < 4.78 is 52.5. The molecule has 0 aromatic heterocycles. The molecule has 1 rings (SSSR count). The van der Waals surface area contributed by atoms with Crippen LogP contribution < -0.4 is 4.74 Å². The monoisotopic (exact) mass is 314 g/mol. The fourth-order valence-electron chi connectivity index (χ4n) is 1.16. The SMILES string of the molecule is O=C(CCBr)c1ccc(F)cc1OC(F)(F)F. The number of alkyl halides is 4. The summed E-state index contributed by atoms with van der Waals surface area (Å²) in [4.78, 5) is 11.5. The van der Waals surface area contributed by atoms with Crippen molar-refractivity contribution in [1.29, 1.82) is 0 Å². The van der Waals surface area contributed by atoms with Crippen LogP contribution in [0.4, 0.5) is 17.6 Å². The molecule has 0 heterocycles. The van der Waals surface area contributed by atoms with Crippen LogP contribution in [0.2, 0.25) is 0 Å².